The van der Waals surface area contributed by atoms with Crippen molar-refractivity contribution in [2.75, 3.05) is 23.3 Å². The van der Waals surface area contributed by atoms with Crippen LogP contribution in [0.3, 0.4) is 0 Å². The van der Waals surface area contributed by atoms with Crippen LogP contribution in [0.2, 0.25) is 0 Å². The standard InChI is InChI=1S/C15H24N4/c1-3-16-14-10-15(18-11(2)17-14)19-9-5-7-12-6-4-8-13(12)19/h10,12-13H,3-9H2,1-2H3,(H,16,17,18). The van der Waals surface area contributed by atoms with Gasteiger partial charge >= 0.3 is 0 Å². The lowest BCUT2D eigenvalue weighted by molar-refractivity contribution is 0.360. The molecule has 1 saturated heterocycles. The first kappa shape index (κ1) is 12.7. The lowest BCUT2D eigenvalue weighted by Gasteiger charge is -2.38. The Morgan fingerprint density at radius 1 is 1.26 bits per heavy atom. The van der Waals surface area contributed by atoms with Crippen molar-refractivity contribution in [1.29, 1.82) is 0 Å². The van der Waals surface area contributed by atoms with Crippen molar-refractivity contribution in [3.05, 3.63) is 11.9 Å². The van der Waals surface area contributed by atoms with Gasteiger partial charge in [-0.1, -0.05) is 6.42 Å². The van der Waals surface area contributed by atoms with Gasteiger partial charge in [0.15, 0.2) is 0 Å². The molecule has 2 aliphatic rings. The third-order valence-electron chi connectivity index (χ3n) is 4.47. The number of anilines is 2. The predicted molar refractivity (Wildman–Crippen MR) is 78.6 cm³/mol. The van der Waals surface area contributed by atoms with Crippen molar-refractivity contribution in [3.63, 3.8) is 0 Å². The number of piperidine rings is 1. The normalized spacial score (nSPS) is 26.3. The Bertz CT molecular complexity index is 446. The first-order valence-electron chi connectivity index (χ1n) is 7.64. The van der Waals surface area contributed by atoms with E-state index in [0.717, 1.165) is 42.5 Å². The van der Waals surface area contributed by atoms with E-state index < -0.39 is 0 Å². The molecule has 4 heteroatoms. The van der Waals surface area contributed by atoms with Gasteiger partial charge in [0.25, 0.3) is 0 Å². The van der Waals surface area contributed by atoms with Gasteiger partial charge in [0.05, 0.1) is 0 Å². The molecule has 4 nitrogen and oxygen atoms in total. The highest BCUT2D eigenvalue weighted by Crippen LogP contribution is 2.38. The van der Waals surface area contributed by atoms with Gasteiger partial charge in [-0.25, -0.2) is 9.97 Å². The molecule has 19 heavy (non-hydrogen) atoms. The van der Waals surface area contributed by atoms with Crippen molar-refractivity contribution in [2.45, 2.75) is 52.0 Å². The molecule has 0 bridgehead atoms. The van der Waals surface area contributed by atoms with E-state index in [-0.39, 0.29) is 0 Å². The zero-order valence-corrected chi connectivity index (χ0v) is 12.0. The van der Waals surface area contributed by atoms with E-state index in [4.69, 9.17) is 0 Å². The third-order valence-corrected chi connectivity index (χ3v) is 4.47. The number of rotatable bonds is 3. The van der Waals surface area contributed by atoms with E-state index >= 15 is 0 Å². The summed E-state index contributed by atoms with van der Waals surface area (Å²) in [4.78, 5) is 11.7. The highest BCUT2D eigenvalue weighted by atomic mass is 15.2. The second-order valence-corrected chi connectivity index (χ2v) is 5.78. The maximum absolute atomic E-state index is 4.67. The molecular weight excluding hydrogens is 236 g/mol. The number of hydrogen-bond acceptors (Lipinski definition) is 4. The number of nitrogens with one attached hydrogen (secondary N) is 1. The van der Waals surface area contributed by atoms with Gasteiger partial charge in [-0.15, -0.1) is 0 Å². The fraction of sp³-hybridized carbons (Fsp3) is 0.733. The average Bonchev–Trinajstić information content (AvgIpc) is 2.86. The van der Waals surface area contributed by atoms with Crippen LogP contribution >= 0.6 is 0 Å². The Morgan fingerprint density at radius 2 is 2.11 bits per heavy atom. The minimum absolute atomic E-state index is 0.720. The van der Waals surface area contributed by atoms with E-state index in [9.17, 15) is 0 Å². The van der Waals surface area contributed by atoms with E-state index in [1.54, 1.807) is 0 Å². The zero-order valence-electron chi connectivity index (χ0n) is 12.0. The summed E-state index contributed by atoms with van der Waals surface area (Å²) in [7, 11) is 0. The number of aromatic nitrogens is 2. The lowest BCUT2D eigenvalue weighted by Crippen LogP contribution is -2.43. The van der Waals surface area contributed by atoms with Crippen LogP contribution in [0.1, 0.15) is 44.9 Å². The smallest absolute Gasteiger partial charge is 0.134 e. The van der Waals surface area contributed by atoms with Crippen LogP contribution < -0.4 is 10.2 Å². The molecule has 1 aliphatic carbocycles. The van der Waals surface area contributed by atoms with E-state index in [2.05, 4.69) is 33.2 Å². The monoisotopic (exact) mass is 260 g/mol. The summed E-state index contributed by atoms with van der Waals surface area (Å²) < 4.78 is 0. The molecule has 1 aromatic rings. The quantitative estimate of drug-likeness (QED) is 0.907. The minimum atomic E-state index is 0.720. The molecule has 2 unspecified atom stereocenters. The molecule has 2 heterocycles. The number of hydrogen-bond donors (Lipinski definition) is 1. The predicted octanol–water partition coefficient (Wildman–Crippen LogP) is 2.99. The Kier molecular flexibility index (Phi) is 3.58. The SMILES string of the molecule is CCNc1cc(N2CCCC3CCCC32)nc(C)n1. The summed E-state index contributed by atoms with van der Waals surface area (Å²) in [6, 6.07) is 2.84. The van der Waals surface area contributed by atoms with Crippen LogP contribution in [0.5, 0.6) is 0 Å². The highest BCUT2D eigenvalue weighted by Gasteiger charge is 2.35. The summed E-state index contributed by atoms with van der Waals surface area (Å²) in [6.45, 7) is 6.15. The highest BCUT2D eigenvalue weighted by molar-refractivity contribution is 5.50. The minimum Gasteiger partial charge on any atom is -0.370 e. The number of aryl methyl sites for hydroxylation is 1. The van der Waals surface area contributed by atoms with Crippen LogP contribution in [0, 0.1) is 12.8 Å². The zero-order chi connectivity index (χ0) is 13.2. The molecule has 1 saturated carbocycles. The third kappa shape index (κ3) is 2.53. The molecule has 0 amide bonds. The number of nitrogens with zero attached hydrogens (tertiary/aromatic N) is 3. The van der Waals surface area contributed by atoms with Crippen LogP contribution in [-0.4, -0.2) is 29.1 Å². The first-order valence-corrected chi connectivity index (χ1v) is 7.64. The summed E-state index contributed by atoms with van der Waals surface area (Å²) in [5.74, 6) is 3.85. The largest absolute Gasteiger partial charge is 0.370 e. The molecule has 3 rings (SSSR count). The maximum atomic E-state index is 4.67. The van der Waals surface area contributed by atoms with Crippen LogP contribution in [0.4, 0.5) is 11.6 Å². The second-order valence-electron chi connectivity index (χ2n) is 5.78. The van der Waals surface area contributed by atoms with Crippen molar-refractivity contribution < 1.29 is 0 Å². The van der Waals surface area contributed by atoms with Gasteiger partial charge in [0, 0.05) is 25.2 Å². The fourth-order valence-electron chi connectivity index (χ4n) is 3.71. The molecule has 0 spiro atoms. The summed E-state index contributed by atoms with van der Waals surface area (Å²) in [6.07, 6.45) is 6.84. The van der Waals surface area contributed by atoms with Crippen LogP contribution in [0.25, 0.3) is 0 Å². The van der Waals surface area contributed by atoms with E-state index in [0.29, 0.717) is 0 Å². The Balaban J connectivity index is 1.87. The number of fused-ring (bicyclic) bond motifs is 1. The first-order chi connectivity index (χ1) is 9.28. The summed E-state index contributed by atoms with van der Waals surface area (Å²) in [5, 5.41) is 3.31. The van der Waals surface area contributed by atoms with E-state index in [1.165, 1.54) is 32.1 Å². The maximum Gasteiger partial charge on any atom is 0.134 e. The Hall–Kier alpha value is -1.32. The van der Waals surface area contributed by atoms with Crippen molar-refractivity contribution in [3.8, 4) is 0 Å². The molecular formula is C15H24N4. The van der Waals surface area contributed by atoms with Crippen molar-refractivity contribution >= 4 is 11.6 Å². The average molecular weight is 260 g/mol. The Labute approximate surface area is 115 Å². The van der Waals surface area contributed by atoms with Gasteiger partial charge in [-0.2, -0.15) is 0 Å². The van der Waals surface area contributed by atoms with Crippen molar-refractivity contribution in [1.82, 2.24) is 9.97 Å². The second kappa shape index (κ2) is 5.35. The van der Waals surface area contributed by atoms with Gasteiger partial charge in [-0.05, 0) is 45.4 Å². The molecule has 104 valence electrons. The topological polar surface area (TPSA) is 41.0 Å². The molecule has 1 N–H and O–H groups in total. The van der Waals surface area contributed by atoms with Crippen LogP contribution in [-0.2, 0) is 0 Å². The molecule has 1 aromatic heterocycles. The van der Waals surface area contributed by atoms with E-state index in [1.807, 2.05) is 6.92 Å². The van der Waals surface area contributed by atoms with Gasteiger partial charge in [0.1, 0.15) is 17.5 Å². The Morgan fingerprint density at radius 3 is 2.95 bits per heavy atom. The molecule has 0 aromatic carbocycles. The summed E-state index contributed by atoms with van der Waals surface area (Å²) in [5.41, 5.74) is 0. The lowest BCUT2D eigenvalue weighted by atomic mass is 9.92. The molecule has 1 aliphatic heterocycles. The molecule has 2 atom stereocenters. The van der Waals surface area contributed by atoms with Gasteiger partial charge in [-0.3, -0.25) is 0 Å². The van der Waals surface area contributed by atoms with Crippen LogP contribution in [0.15, 0.2) is 6.07 Å². The van der Waals surface area contributed by atoms with Gasteiger partial charge in [0.2, 0.25) is 0 Å². The molecule has 2 fully saturated rings. The summed E-state index contributed by atoms with van der Waals surface area (Å²) >= 11 is 0. The van der Waals surface area contributed by atoms with Crippen molar-refractivity contribution in [2.24, 2.45) is 5.92 Å². The molecule has 0 radical (unpaired) electrons. The van der Waals surface area contributed by atoms with Gasteiger partial charge < -0.3 is 10.2 Å². The fourth-order valence-corrected chi connectivity index (χ4v) is 3.71.